The van der Waals surface area contributed by atoms with Gasteiger partial charge in [0.2, 0.25) is 0 Å². The van der Waals surface area contributed by atoms with Gasteiger partial charge in [0.05, 0.1) is 19.8 Å². The number of hydrogen-bond donors (Lipinski definition) is 0. The quantitative estimate of drug-likeness (QED) is 0.670. The van der Waals surface area contributed by atoms with E-state index in [1.807, 2.05) is 13.0 Å². The van der Waals surface area contributed by atoms with Gasteiger partial charge in [-0.1, -0.05) is 30.0 Å². The summed E-state index contributed by atoms with van der Waals surface area (Å²) < 4.78 is 2.57. The molecule has 1 fully saturated rings. The number of hydrogen-bond acceptors (Lipinski definition) is 6. The van der Waals surface area contributed by atoms with Crippen LogP contribution in [0.3, 0.4) is 0 Å². The maximum absolute atomic E-state index is 12.2. The van der Waals surface area contributed by atoms with Crippen molar-refractivity contribution in [2.75, 3.05) is 18.0 Å². The van der Waals surface area contributed by atoms with Gasteiger partial charge in [0.15, 0.2) is 0 Å². The third-order valence-corrected chi connectivity index (χ3v) is 7.48. The molecule has 4 nitrogen and oxygen atoms in total. The third kappa shape index (κ3) is 2.70. The van der Waals surface area contributed by atoms with Gasteiger partial charge in [-0.05, 0) is 43.8 Å². The molecule has 1 aromatic carbocycles. The molecule has 2 aliphatic rings. The molecule has 2 aliphatic heterocycles. The van der Waals surface area contributed by atoms with E-state index in [2.05, 4.69) is 36.1 Å². The average Bonchev–Trinajstić information content (AvgIpc) is 3.22. The van der Waals surface area contributed by atoms with Gasteiger partial charge in [-0.15, -0.1) is 11.3 Å². The van der Waals surface area contributed by atoms with E-state index in [0.29, 0.717) is 11.4 Å². The smallest absolute Gasteiger partial charge is 0.293 e. The highest BCUT2D eigenvalue weighted by Crippen LogP contribution is 2.54. The number of anilines is 1. The molecule has 0 radical (unpaired) electrons. The van der Waals surface area contributed by atoms with Gasteiger partial charge in [-0.2, -0.15) is 0 Å². The molecule has 0 spiro atoms. The zero-order chi connectivity index (χ0) is 17.6. The van der Waals surface area contributed by atoms with Crippen LogP contribution in [0.5, 0.6) is 0 Å². The average molecular weight is 389 g/mol. The van der Waals surface area contributed by atoms with Crippen molar-refractivity contribution in [3.05, 3.63) is 46.4 Å². The maximum atomic E-state index is 12.2. The van der Waals surface area contributed by atoms with Crippen LogP contribution in [0.25, 0.3) is 10.1 Å². The SMILES string of the molecule is CCN1C(=O)S/C(=C/C=C2\Sc3sc4ccccc4c3N2CC)C1=O. The number of carbonyl (C=O) groups is 2. The van der Waals surface area contributed by atoms with Crippen molar-refractivity contribution in [2.45, 2.75) is 18.1 Å². The van der Waals surface area contributed by atoms with Crippen molar-refractivity contribution in [1.82, 2.24) is 4.90 Å². The molecule has 0 aliphatic carbocycles. The molecule has 0 unspecified atom stereocenters. The van der Waals surface area contributed by atoms with Crippen molar-refractivity contribution >= 4 is 61.8 Å². The summed E-state index contributed by atoms with van der Waals surface area (Å²) in [6.45, 7) is 5.21. The van der Waals surface area contributed by atoms with Crippen molar-refractivity contribution in [1.29, 1.82) is 0 Å². The molecular weight excluding hydrogens is 372 g/mol. The van der Waals surface area contributed by atoms with Crippen LogP contribution < -0.4 is 4.90 Å². The highest BCUT2D eigenvalue weighted by molar-refractivity contribution is 8.18. The van der Waals surface area contributed by atoms with Crippen LogP contribution in [0.15, 0.2) is 50.6 Å². The largest absolute Gasteiger partial charge is 0.334 e. The highest BCUT2D eigenvalue weighted by Gasteiger charge is 2.34. The number of benzene rings is 1. The molecule has 3 heterocycles. The summed E-state index contributed by atoms with van der Waals surface area (Å²) in [6, 6.07) is 8.44. The lowest BCUT2D eigenvalue weighted by Gasteiger charge is -2.17. The van der Waals surface area contributed by atoms with Crippen LogP contribution in [0.4, 0.5) is 10.5 Å². The Balaban J connectivity index is 1.68. The number of imide groups is 1. The molecule has 7 heteroatoms. The van der Waals surface area contributed by atoms with Crippen LogP contribution in [-0.4, -0.2) is 29.1 Å². The molecule has 2 aromatic rings. The molecular formula is C18H16N2O2S3. The molecule has 4 rings (SSSR count). The maximum Gasteiger partial charge on any atom is 0.293 e. The fourth-order valence-electron chi connectivity index (χ4n) is 2.97. The number of nitrogens with zero attached hydrogens (tertiary/aromatic N) is 2. The molecule has 2 amide bonds. The predicted octanol–water partition coefficient (Wildman–Crippen LogP) is 5.27. The molecule has 1 aromatic heterocycles. The fourth-order valence-corrected chi connectivity index (χ4v) is 6.41. The summed E-state index contributed by atoms with van der Waals surface area (Å²) >= 11 is 4.54. The zero-order valence-corrected chi connectivity index (χ0v) is 16.3. The van der Waals surface area contributed by atoms with Crippen LogP contribution in [0.1, 0.15) is 13.8 Å². The number of amides is 2. The van der Waals surface area contributed by atoms with Gasteiger partial charge >= 0.3 is 0 Å². The Morgan fingerprint density at radius 3 is 2.48 bits per heavy atom. The number of thioether (sulfide) groups is 2. The second kappa shape index (κ2) is 6.55. The van der Waals surface area contributed by atoms with Crippen molar-refractivity contribution < 1.29 is 9.59 Å². The van der Waals surface area contributed by atoms with Crippen molar-refractivity contribution in [2.24, 2.45) is 0 Å². The van der Waals surface area contributed by atoms with Gasteiger partial charge in [-0.25, -0.2) is 0 Å². The predicted molar refractivity (Wildman–Crippen MR) is 107 cm³/mol. The van der Waals surface area contributed by atoms with E-state index in [9.17, 15) is 9.59 Å². The van der Waals surface area contributed by atoms with E-state index in [-0.39, 0.29) is 11.1 Å². The third-order valence-electron chi connectivity index (χ3n) is 4.15. The van der Waals surface area contributed by atoms with Gasteiger partial charge in [-0.3, -0.25) is 14.5 Å². The lowest BCUT2D eigenvalue weighted by atomic mass is 10.2. The number of thiophene rings is 1. The van der Waals surface area contributed by atoms with E-state index < -0.39 is 0 Å². The summed E-state index contributed by atoms with van der Waals surface area (Å²) in [7, 11) is 0. The van der Waals surface area contributed by atoms with Crippen LogP contribution in [-0.2, 0) is 4.79 Å². The van der Waals surface area contributed by atoms with E-state index in [1.54, 1.807) is 29.2 Å². The van der Waals surface area contributed by atoms with E-state index in [0.717, 1.165) is 23.3 Å². The minimum absolute atomic E-state index is 0.186. The Morgan fingerprint density at radius 1 is 1.00 bits per heavy atom. The Labute approximate surface area is 158 Å². The van der Waals surface area contributed by atoms with Gasteiger partial charge in [0.25, 0.3) is 11.1 Å². The molecule has 0 atom stereocenters. The zero-order valence-electron chi connectivity index (χ0n) is 13.8. The van der Waals surface area contributed by atoms with E-state index in [1.165, 1.54) is 24.9 Å². The second-order valence-corrected chi connectivity index (χ2v) is 8.87. The first kappa shape index (κ1) is 16.8. The number of likely N-dealkylation sites (N-methyl/N-ethyl adjacent to an activating group) is 1. The minimum Gasteiger partial charge on any atom is -0.334 e. The second-order valence-electron chi connectivity index (χ2n) is 5.53. The van der Waals surface area contributed by atoms with Crippen LogP contribution in [0.2, 0.25) is 0 Å². The standard InChI is InChI=1S/C18H16N2O2S3/c1-3-19-14(10-9-13-16(21)20(4-2)18(22)24-13)25-17-15(19)11-7-5-6-8-12(11)23-17/h5-10H,3-4H2,1-2H3/b13-9+,14-10-. The number of rotatable bonds is 3. The van der Waals surface area contributed by atoms with Gasteiger partial charge < -0.3 is 4.90 Å². The van der Waals surface area contributed by atoms with E-state index in [4.69, 9.17) is 0 Å². The first-order chi connectivity index (χ1) is 12.1. The lowest BCUT2D eigenvalue weighted by molar-refractivity contribution is -0.122. The topological polar surface area (TPSA) is 40.6 Å². The summed E-state index contributed by atoms with van der Waals surface area (Å²) in [5, 5.41) is 2.18. The Bertz CT molecular complexity index is 945. The van der Waals surface area contributed by atoms with Crippen molar-refractivity contribution in [3.8, 4) is 0 Å². The number of allylic oxidation sites excluding steroid dienone is 2. The first-order valence-electron chi connectivity index (χ1n) is 8.06. The monoisotopic (exact) mass is 388 g/mol. The minimum atomic E-state index is -0.194. The van der Waals surface area contributed by atoms with Gasteiger partial charge in [0, 0.05) is 23.2 Å². The highest BCUT2D eigenvalue weighted by atomic mass is 32.2. The van der Waals surface area contributed by atoms with Crippen molar-refractivity contribution in [3.63, 3.8) is 0 Å². The van der Waals surface area contributed by atoms with Crippen LogP contribution in [0, 0.1) is 0 Å². The number of carbonyl (C=O) groups excluding carboxylic acids is 2. The lowest BCUT2D eigenvalue weighted by Crippen LogP contribution is -2.27. The molecule has 25 heavy (non-hydrogen) atoms. The molecule has 1 saturated heterocycles. The van der Waals surface area contributed by atoms with E-state index >= 15 is 0 Å². The Kier molecular flexibility index (Phi) is 4.39. The van der Waals surface area contributed by atoms with Crippen LogP contribution >= 0.6 is 34.9 Å². The molecule has 0 N–H and O–H groups in total. The summed E-state index contributed by atoms with van der Waals surface area (Å²) in [6.07, 6.45) is 3.74. The molecule has 128 valence electrons. The molecule has 0 saturated carbocycles. The van der Waals surface area contributed by atoms with Gasteiger partial charge in [0.1, 0.15) is 0 Å². The Hall–Kier alpha value is -1.70. The summed E-state index contributed by atoms with van der Waals surface area (Å²) in [5.74, 6) is -0.194. The molecule has 0 bridgehead atoms. The normalized spacial score (nSPS) is 20.6. The Morgan fingerprint density at radius 2 is 1.76 bits per heavy atom. The summed E-state index contributed by atoms with van der Waals surface area (Å²) in [4.78, 5) is 28.1. The fraction of sp³-hybridized carbons (Fsp3) is 0.222. The first-order valence-corrected chi connectivity index (χ1v) is 10.5. The number of fused-ring (bicyclic) bond motifs is 3. The summed E-state index contributed by atoms with van der Waals surface area (Å²) in [5.41, 5.74) is 1.26.